The highest BCUT2D eigenvalue weighted by Crippen LogP contribution is 2.42. The summed E-state index contributed by atoms with van der Waals surface area (Å²) in [6, 6.07) is 15.3. The number of aliphatic imine (C=N–C) groups is 1. The van der Waals surface area contributed by atoms with Crippen LogP contribution in [0.1, 0.15) is 11.1 Å². The molecule has 2 aromatic rings. The second-order valence-corrected chi connectivity index (χ2v) is 5.28. The number of aliphatic hydroxyl groups is 1. The quantitative estimate of drug-likeness (QED) is 0.836. The zero-order valence-electron chi connectivity index (χ0n) is 10.2. The van der Waals surface area contributed by atoms with Gasteiger partial charge >= 0.3 is 0 Å². The number of nitrogens with zero attached hydrogens (tertiary/aromatic N) is 1. The lowest BCUT2D eigenvalue weighted by molar-refractivity contribution is 0.170. The first-order chi connectivity index (χ1) is 9.16. The Morgan fingerprint density at radius 1 is 1.11 bits per heavy atom. The Kier molecular flexibility index (Phi) is 2.88. The number of halogens is 1. The van der Waals surface area contributed by atoms with E-state index in [-0.39, 0.29) is 0 Å². The van der Waals surface area contributed by atoms with Crippen LogP contribution in [0.4, 0.5) is 5.69 Å². The number of hydrogen-bond acceptors (Lipinski definition) is 2. The van der Waals surface area contributed by atoms with Crippen molar-refractivity contribution in [3.05, 3.63) is 76.8 Å². The first kappa shape index (κ1) is 12.3. The van der Waals surface area contributed by atoms with Gasteiger partial charge in [0.1, 0.15) is 0 Å². The molecule has 94 valence electrons. The van der Waals surface area contributed by atoms with Gasteiger partial charge in [-0.05, 0) is 18.2 Å². The third-order valence-electron chi connectivity index (χ3n) is 3.33. The molecule has 0 amide bonds. The van der Waals surface area contributed by atoms with Crippen molar-refractivity contribution in [3.63, 3.8) is 0 Å². The maximum Gasteiger partial charge on any atom is 0.152 e. The van der Waals surface area contributed by atoms with Crippen LogP contribution in [-0.4, -0.2) is 10.8 Å². The largest absolute Gasteiger partial charge is 0.375 e. The predicted molar refractivity (Wildman–Crippen MR) is 80.9 cm³/mol. The van der Waals surface area contributed by atoms with Crippen molar-refractivity contribution in [2.75, 3.05) is 0 Å². The number of rotatable bonds is 2. The van der Waals surface area contributed by atoms with Gasteiger partial charge in [0, 0.05) is 15.6 Å². The van der Waals surface area contributed by atoms with Crippen LogP contribution in [0.25, 0.3) is 0 Å². The smallest absolute Gasteiger partial charge is 0.152 e. The molecular weight excluding hydrogens is 302 g/mol. The predicted octanol–water partition coefficient (Wildman–Crippen LogP) is 3.96. The van der Waals surface area contributed by atoms with E-state index in [0.29, 0.717) is 5.71 Å². The number of benzene rings is 2. The van der Waals surface area contributed by atoms with E-state index in [0.717, 1.165) is 21.3 Å². The molecule has 1 aliphatic rings. The third kappa shape index (κ3) is 1.78. The number of para-hydroxylation sites is 1. The van der Waals surface area contributed by atoms with Gasteiger partial charge in [-0.2, -0.15) is 0 Å². The average Bonchev–Trinajstić information content (AvgIpc) is 2.74. The lowest BCUT2D eigenvalue weighted by atomic mass is 9.87. The minimum absolute atomic E-state index is 0.608. The molecule has 0 saturated heterocycles. The lowest BCUT2D eigenvalue weighted by Crippen LogP contribution is -2.31. The van der Waals surface area contributed by atoms with E-state index in [1.165, 1.54) is 6.08 Å². The molecule has 0 bridgehead atoms. The highest BCUT2D eigenvalue weighted by atomic mass is 79.9. The molecule has 1 aliphatic heterocycles. The van der Waals surface area contributed by atoms with Crippen molar-refractivity contribution in [2.24, 2.45) is 4.99 Å². The fourth-order valence-electron chi connectivity index (χ4n) is 2.35. The minimum Gasteiger partial charge on any atom is -0.375 e. The third-order valence-corrected chi connectivity index (χ3v) is 4.02. The van der Waals surface area contributed by atoms with Crippen molar-refractivity contribution in [1.82, 2.24) is 0 Å². The summed E-state index contributed by atoms with van der Waals surface area (Å²) in [5.41, 5.74) is 1.81. The fraction of sp³-hybridized carbons (Fsp3) is 0.0625. The summed E-state index contributed by atoms with van der Waals surface area (Å²) in [4.78, 5) is 4.57. The van der Waals surface area contributed by atoms with Crippen LogP contribution < -0.4 is 0 Å². The van der Waals surface area contributed by atoms with Crippen LogP contribution >= 0.6 is 15.9 Å². The second kappa shape index (κ2) is 4.44. The highest BCUT2D eigenvalue weighted by Gasteiger charge is 2.40. The summed E-state index contributed by atoms with van der Waals surface area (Å²) in [5, 5.41) is 10.9. The lowest BCUT2D eigenvalue weighted by Gasteiger charge is -2.22. The first-order valence-electron chi connectivity index (χ1n) is 5.96. The molecule has 0 aromatic heterocycles. The van der Waals surface area contributed by atoms with Gasteiger partial charge in [0.15, 0.2) is 5.60 Å². The van der Waals surface area contributed by atoms with Gasteiger partial charge in [-0.25, -0.2) is 4.99 Å². The maximum absolute atomic E-state index is 10.9. The van der Waals surface area contributed by atoms with Gasteiger partial charge in [-0.1, -0.05) is 58.9 Å². The van der Waals surface area contributed by atoms with Gasteiger partial charge in [-0.15, -0.1) is 0 Å². The Balaban J connectivity index is 2.25. The Morgan fingerprint density at radius 2 is 1.79 bits per heavy atom. The number of hydrogen-bond donors (Lipinski definition) is 1. The standard InChI is InChI=1S/C16H12BrNO/c1-2-16(19)12-8-4-6-10-14(12)18-15(16)11-7-3-5-9-13(11)17/h2-10,19H,1H2. The fourth-order valence-corrected chi connectivity index (χ4v) is 2.82. The summed E-state index contributed by atoms with van der Waals surface area (Å²) in [6.45, 7) is 3.77. The molecule has 0 saturated carbocycles. The van der Waals surface area contributed by atoms with Gasteiger partial charge in [0.2, 0.25) is 0 Å². The van der Waals surface area contributed by atoms with E-state index < -0.39 is 5.60 Å². The Labute approximate surface area is 120 Å². The molecule has 2 aromatic carbocycles. The molecule has 1 N–H and O–H groups in total. The van der Waals surface area contributed by atoms with E-state index in [1.807, 2.05) is 48.5 Å². The minimum atomic E-state index is -1.24. The van der Waals surface area contributed by atoms with Crippen LogP contribution in [0.15, 0.2) is 70.7 Å². The average molecular weight is 314 g/mol. The Hall–Kier alpha value is -1.71. The molecule has 0 spiro atoms. The molecule has 0 fully saturated rings. The zero-order chi connectivity index (χ0) is 13.5. The molecule has 2 nitrogen and oxygen atoms in total. The molecule has 3 rings (SSSR count). The summed E-state index contributed by atoms with van der Waals surface area (Å²) < 4.78 is 0.904. The molecule has 1 unspecified atom stereocenters. The normalized spacial score (nSPS) is 20.8. The Bertz CT molecular complexity index is 693. The Morgan fingerprint density at radius 3 is 2.53 bits per heavy atom. The van der Waals surface area contributed by atoms with Crippen LogP contribution in [0.2, 0.25) is 0 Å². The number of fused-ring (bicyclic) bond motifs is 1. The first-order valence-corrected chi connectivity index (χ1v) is 6.75. The molecule has 0 radical (unpaired) electrons. The summed E-state index contributed by atoms with van der Waals surface area (Å²) in [5.74, 6) is 0. The van der Waals surface area contributed by atoms with E-state index in [4.69, 9.17) is 0 Å². The van der Waals surface area contributed by atoms with Gasteiger partial charge in [0.05, 0.1) is 11.4 Å². The summed E-state index contributed by atoms with van der Waals surface area (Å²) >= 11 is 3.51. The second-order valence-electron chi connectivity index (χ2n) is 4.43. The van der Waals surface area contributed by atoms with Crippen molar-refractivity contribution in [3.8, 4) is 0 Å². The molecule has 0 aliphatic carbocycles. The topological polar surface area (TPSA) is 32.6 Å². The monoisotopic (exact) mass is 313 g/mol. The molecule has 3 heteroatoms. The highest BCUT2D eigenvalue weighted by molar-refractivity contribution is 9.10. The van der Waals surface area contributed by atoms with E-state index in [1.54, 1.807) is 0 Å². The SMILES string of the molecule is C=CC1(O)C(c2ccccc2Br)=Nc2ccccc21. The van der Waals surface area contributed by atoms with Gasteiger partial charge in [-0.3, -0.25) is 0 Å². The van der Waals surface area contributed by atoms with Crippen molar-refractivity contribution in [1.29, 1.82) is 0 Å². The van der Waals surface area contributed by atoms with Crippen molar-refractivity contribution in [2.45, 2.75) is 5.60 Å². The van der Waals surface area contributed by atoms with Gasteiger partial charge < -0.3 is 5.11 Å². The summed E-state index contributed by atoms with van der Waals surface area (Å²) in [6.07, 6.45) is 1.54. The van der Waals surface area contributed by atoms with Crippen LogP contribution in [0.3, 0.4) is 0 Å². The van der Waals surface area contributed by atoms with Crippen LogP contribution in [-0.2, 0) is 5.60 Å². The zero-order valence-corrected chi connectivity index (χ0v) is 11.8. The van der Waals surface area contributed by atoms with Crippen molar-refractivity contribution < 1.29 is 5.11 Å². The molecule has 19 heavy (non-hydrogen) atoms. The summed E-state index contributed by atoms with van der Waals surface area (Å²) in [7, 11) is 0. The van der Waals surface area contributed by atoms with Crippen LogP contribution in [0.5, 0.6) is 0 Å². The van der Waals surface area contributed by atoms with E-state index in [2.05, 4.69) is 27.5 Å². The van der Waals surface area contributed by atoms with Crippen molar-refractivity contribution >= 4 is 27.3 Å². The van der Waals surface area contributed by atoms with Gasteiger partial charge in [0.25, 0.3) is 0 Å². The van der Waals surface area contributed by atoms with Crippen LogP contribution in [0, 0.1) is 0 Å². The molecule has 1 atom stereocenters. The molecule has 1 heterocycles. The maximum atomic E-state index is 10.9. The van der Waals surface area contributed by atoms with E-state index >= 15 is 0 Å². The van der Waals surface area contributed by atoms with E-state index in [9.17, 15) is 5.11 Å². The molecular formula is C16H12BrNO.